The fourth-order valence-corrected chi connectivity index (χ4v) is 4.14. The number of alkyl halides is 3. The fourth-order valence-electron chi connectivity index (χ4n) is 4.14. The third-order valence-corrected chi connectivity index (χ3v) is 5.92. The smallest absolute Gasteiger partial charge is 0.434 e. The standard InChI is InChI=1S/C26H17F3N8O3.H2/c1-36-21(25(39)40-2)10-19(35-36)22-14(11-30)9-15(12-32-22)34-24(38)17-13-33-37(23(17)26(27,28)29)20-7-3-6-18-16(20)5-4-8-31-18;/h3-10,12-13H,1-2H3,(H,34,38);1H. The number of ether oxygens (including phenoxy) is 1. The highest BCUT2D eigenvalue weighted by atomic mass is 19.4. The van der Waals surface area contributed by atoms with Gasteiger partial charge in [-0.05, 0) is 30.3 Å². The Labute approximate surface area is 224 Å². The average molecular weight is 548 g/mol. The molecule has 1 amide bonds. The van der Waals surface area contributed by atoms with Crippen LogP contribution in [-0.2, 0) is 18.0 Å². The summed E-state index contributed by atoms with van der Waals surface area (Å²) in [5, 5.41) is 20.5. The second kappa shape index (κ2) is 9.95. The van der Waals surface area contributed by atoms with E-state index in [4.69, 9.17) is 0 Å². The summed E-state index contributed by atoms with van der Waals surface area (Å²) >= 11 is 0. The molecule has 0 bridgehead atoms. The maximum atomic E-state index is 14.2. The van der Waals surface area contributed by atoms with E-state index in [1.165, 1.54) is 43.2 Å². The number of pyridine rings is 2. The molecule has 0 saturated heterocycles. The second-order valence-corrected chi connectivity index (χ2v) is 8.38. The molecule has 0 aliphatic heterocycles. The summed E-state index contributed by atoms with van der Waals surface area (Å²) in [6, 6.07) is 12.3. The van der Waals surface area contributed by atoms with Gasteiger partial charge in [0.25, 0.3) is 5.91 Å². The number of nitrogens with one attached hydrogen (secondary N) is 1. The van der Waals surface area contributed by atoms with E-state index in [0.717, 1.165) is 12.4 Å². The van der Waals surface area contributed by atoms with Gasteiger partial charge in [-0.2, -0.15) is 28.6 Å². The van der Waals surface area contributed by atoms with Gasteiger partial charge in [-0.15, -0.1) is 0 Å². The molecule has 4 heterocycles. The number of rotatable bonds is 5. The molecule has 1 N–H and O–H groups in total. The maximum absolute atomic E-state index is 14.2. The van der Waals surface area contributed by atoms with E-state index in [-0.39, 0.29) is 35.4 Å². The zero-order valence-corrected chi connectivity index (χ0v) is 20.8. The zero-order chi connectivity index (χ0) is 28.6. The van der Waals surface area contributed by atoms with Crippen molar-refractivity contribution < 1.29 is 28.9 Å². The van der Waals surface area contributed by atoms with Crippen molar-refractivity contribution >= 4 is 28.5 Å². The molecule has 0 saturated carbocycles. The number of esters is 1. The summed E-state index contributed by atoms with van der Waals surface area (Å²) < 4.78 is 49.3. The molecule has 11 nitrogen and oxygen atoms in total. The van der Waals surface area contributed by atoms with Crippen LogP contribution < -0.4 is 5.32 Å². The molecule has 0 atom stereocenters. The number of hydrogen-bond donors (Lipinski definition) is 1. The van der Waals surface area contributed by atoms with Gasteiger partial charge < -0.3 is 10.1 Å². The summed E-state index contributed by atoms with van der Waals surface area (Å²) in [5.74, 6) is -1.76. The molecule has 202 valence electrons. The molecule has 40 heavy (non-hydrogen) atoms. The van der Waals surface area contributed by atoms with E-state index in [2.05, 4.69) is 30.2 Å². The molecule has 5 aromatic rings. The molecule has 0 unspecified atom stereocenters. The molecular weight excluding hydrogens is 529 g/mol. The highest BCUT2D eigenvalue weighted by molar-refractivity contribution is 6.05. The Morgan fingerprint density at radius 3 is 2.65 bits per heavy atom. The van der Waals surface area contributed by atoms with Gasteiger partial charge in [-0.25, -0.2) is 9.48 Å². The second-order valence-electron chi connectivity index (χ2n) is 8.38. The van der Waals surface area contributed by atoms with E-state index in [9.17, 15) is 28.0 Å². The van der Waals surface area contributed by atoms with Gasteiger partial charge in [0.2, 0.25) is 0 Å². The molecule has 5 rings (SSSR count). The topological polar surface area (TPSA) is 141 Å². The summed E-state index contributed by atoms with van der Waals surface area (Å²) in [7, 11) is 2.71. The fraction of sp³-hybridized carbons (Fsp3) is 0.115. The molecule has 1 aromatic carbocycles. The number of hydrogen-bond acceptors (Lipinski definition) is 8. The van der Waals surface area contributed by atoms with Crippen LogP contribution in [0.3, 0.4) is 0 Å². The summed E-state index contributed by atoms with van der Waals surface area (Å²) in [5.41, 5.74) is -1.15. The Morgan fingerprint density at radius 2 is 1.93 bits per heavy atom. The van der Waals surface area contributed by atoms with E-state index in [1.54, 1.807) is 24.3 Å². The van der Waals surface area contributed by atoms with Crippen LogP contribution in [0.4, 0.5) is 18.9 Å². The van der Waals surface area contributed by atoms with Crippen molar-refractivity contribution in [3.63, 3.8) is 0 Å². The van der Waals surface area contributed by atoms with Gasteiger partial charge in [-0.1, -0.05) is 6.07 Å². The van der Waals surface area contributed by atoms with Gasteiger partial charge in [0.05, 0.1) is 47.5 Å². The van der Waals surface area contributed by atoms with Gasteiger partial charge in [0.15, 0.2) is 5.69 Å². The van der Waals surface area contributed by atoms with Crippen LogP contribution in [0.2, 0.25) is 0 Å². The van der Waals surface area contributed by atoms with Crippen molar-refractivity contribution in [2.75, 3.05) is 12.4 Å². The lowest BCUT2D eigenvalue weighted by molar-refractivity contribution is -0.143. The first-order valence-corrected chi connectivity index (χ1v) is 11.5. The van der Waals surface area contributed by atoms with Gasteiger partial charge in [0, 0.05) is 26.1 Å². The number of carbonyl (C=O) groups excluding carboxylic acids is 2. The van der Waals surface area contributed by atoms with Crippen LogP contribution in [-0.4, -0.2) is 48.5 Å². The lowest BCUT2D eigenvalue weighted by Crippen LogP contribution is -2.21. The Bertz CT molecular complexity index is 1840. The highest BCUT2D eigenvalue weighted by Crippen LogP contribution is 2.35. The molecular formula is C26H19F3N8O3. The largest absolute Gasteiger partial charge is 0.464 e. The predicted octanol–water partition coefficient (Wildman–Crippen LogP) is 4.39. The normalized spacial score (nSPS) is 11.3. The lowest BCUT2D eigenvalue weighted by Gasteiger charge is -2.14. The van der Waals surface area contributed by atoms with Crippen molar-refractivity contribution in [2.24, 2.45) is 7.05 Å². The van der Waals surface area contributed by atoms with Crippen LogP contribution >= 0.6 is 0 Å². The number of aromatic nitrogens is 6. The van der Waals surface area contributed by atoms with Crippen molar-refractivity contribution in [1.82, 2.24) is 29.5 Å². The minimum Gasteiger partial charge on any atom is -0.464 e. The third-order valence-electron chi connectivity index (χ3n) is 5.92. The lowest BCUT2D eigenvalue weighted by atomic mass is 10.1. The number of amides is 1. The Balaban J connectivity index is 0.00000387. The number of anilines is 1. The SMILES string of the molecule is COC(=O)c1cc(-c2ncc(NC(=O)c3cnn(-c4cccc5ncccc45)c3C(F)(F)F)cc2C#N)nn1C.[HH]. The molecule has 0 aliphatic carbocycles. The van der Waals surface area contributed by atoms with Gasteiger partial charge in [-0.3, -0.25) is 19.4 Å². The predicted molar refractivity (Wildman–Crippen MR) is 136 cm³/mol. The van der Waals surface area contributed by atoms with E-state index < -0.39 is 29.3 Å². The summed E-state index contributed by atoms with van der Waals surface area (Å²) in [6.07, 6.45) is -1.44. The van der Waals surface area contributed by atoms with E-state index in [0.29, 0.717) is 15.6 Å². The Morgan fingerprint density at radius 1 is 1.12 bits per heavy atom. The molecule has 14 heteroatoms. The monoisotopic (exact) mass is 548 g/mol. The van der Waals surface area contributed by atoms with Crippen LogP contribution in [0.5, 0.6) is 0 Å². The van der Waals surface area contributed by atoms with Crippen LogP contribution in [0.25, 0.3) is 28.0 Å². The van der Waals surface area contributed by atoms with Crippen molar-refractivity contribution in [3.05, 3.63) is 83.6 Å². The van der Waals surface area contributed by atoms with Crippen LogP contribution in [0, 0.1) is 11.3 Å². The molecule has 0 spiro atoms. The first-order valence-electron chi connectivity index (χ1n) is 11.5. The van der Waals surface area contributed by atoms with Crippen LogP contribution in [0.15, 0.2) is 61.1 Å². The number of methoxy groups -OCH3 is 1. The first kappa shape index (κ1) is 26.0. The quantitative estimate of drug-likeness (QED) is 0.319. The highest BCUT2D eigenvalue weighted by Gasteiger charge is 2.41. The molecule has 0 radical (unpaired) electrons. The van der Waals surface area contributed by atoms with E-state index in [1.807, 2.05) is 6.07 Å². The zero-order valence-electron chi connectivity index (χ0n) is 20.8. The van der Waals surface area contributed by atoms with Crippen LogP contribution in [0.1, 0.15) is 33.5 Å². The number of aryl methyl sites for hydroxylation is 1. The minimum atomic E-state index is -4.94. The van der Waals surface area contributed by atoms with Crippen molar-refractivity contribution in [3.8, 4) is 23.1 Å². The number of carbonyl (C=O) groups is 2. The molecule has 4 aromatic heterocycles. The van der Waals surface area contributed by atoms with Gasteiger partial charge in [0.1, 0.15) is 23.2 Å². The van der Waals surface area contributed by atoms with Gasteiger partial charge >= 0.3 is 12.1 Å². The Hall–Kier alpha value is -5.58. The summed E-state index contributed by atoms with van der Waals surface area (Å²) in [6.45, 7) is 0. The Kier molecular flexibility index (Phi) is 6.48. The van der Waals surface area contributed by atoms with E-state index >= 15 is 0 Å². The average Bonchev–Trinajstić information content (AvgIpc) is 3.56. The summed E-state index contributed by atoms with van der Waals surface area (Å²) in [4.78, 5) is 33.2. The third kappa shape index (κ3) is 4.60. The molecule has 0 fully saturated rings. The number of halogens is 3. The van der Waals surface area contributed by atoms with Crippen molar-refractivity contribution in [1.29, 1.82) is 5.26 Å². The van der Waals surface area contributed by atoms with Crippen molar-refractivity contribution in [2.45, 2.75) is 6.18 Å². The first-order chi connectivity index (χ1) is 19.1. The number of nitriles is 1. The number of benzene rings is 1. The molecule has 0 aliphatic rings. The minimum absolute atomic E-state index is 0. The maximum Gasteiger partial charge on any atom is 0.434 e. The number of fused-ring (bicyclic) bond motifs is 1. The number of nitrogens with zero attached hydrogens (tertiary/aromatic N) is 7.